The number of nitrogens with zero attached hydrogens (tertiary/aromatic N) is 3. The van der Waals surface area contributed by atoms with Crippen molar-refractivity contribution in [1.82, 2.24) is 4.90 Å². The van der Waals surface area contributed by atoms with Gasteiger partial charge in [0, 0.05) is 45.7 Å². The summed E-state index contributed by atoms with van der Waals surface area (Å²) in [5.74, 6) is 0.243. The zero-order chi connectivity index (χ0) is 16.1. The van der Waals surface area contributed by atoms with Crippen LogP contribution in [0.25, 0.3) is 0 Å². The number of hydrogen-bond acceptors (Lipinski definition) is 4. The summed E-state index contributed by atoms with van der Waals surface area (Å²) < 4.78 is 5.41. The summed E-state index contributed by atoms with van der Waals surface area (Å²) >= 11 is 0. The molecule has 1 aromatic rings. The van der Waals surface area contributed by atoms with Crippen molar-refractivity contribution in [3.05, 3.63) is 24.3 Å². The van der Waals surface area contributed by atoms with Gasteiger partial charge in [0.2, 0.25) is 5.91 Å². The molecular formula is C18H27N3O2. The van der Waals surface area contributed by atoms with Crippen LogP contribution in [-0.4, -0.2) is 63.3 Å². The smallest absolute Gasteiger partial charge is 0.227 e. The van der Waals surface area contributed by atoms with E-state index in [0.717, 1.165) is 64.6 Å². The third-order valence-corrected chi connectivity index (χ3v) is 4.66. The maximum Gasteiger partial charge on any atom is 0.227 e. The molecule has 3 rings (SSSR count). The summed E-state index contributed by atoms with van der Waals surface area (Å²) in [6.07, 6.45) is 1.53. The van der Waals surface area contributed by atoms with Crippen LogP contribution in [0.15, 0.2) is 24.3 Å². The van der Waals surface area contributed by atoms with Gasteiger partial charge < -0.3 is 14.5 Å². The number of amides is 1. The first-order chi connectivity index (χ1) is 11.3. The molecule has 5 nitrogen and oxygen atoms in total. The topological polar surface area (TPSA) is 36.0 Å². The molecule has 0 radical (unpaired) electrons. The van der Waals surface area contributed by atoms with Gasteiger partial charge in [-0.15, -0.1) is 0 Å². The van der Waals surface area contributed by atoms with E-state index >= 15 is 0 Å². The molecule has 0 aromatic heterocycles. The summed E-state index contributed by atoms with van der Waals surface area (Å²) in [6, 6.07) is 8.30. The van der Waals surface area contributed by atoms with E-state index in [0.29, 0.717) is 6.42 Å². The van der Waals surface area contributed by atoms with Gasteiger partial charge in [-0.05, 0) is 18.6 Å². The largest absolute Gasteiger partial charge is 0.379 e. The SMILES string of the molecule is CCCC(=O)N1CCN(CCN2CCOCC2)c2ccccc21. The Kier molecular flexibility index (Phi) is 5.51. The Morgan fingerprint density at radius 2 is 1.78 bits per heavy atom. The van der Waals surface area contributed by atoms with Crippen LogP contribution in [0, 0.1) is 0 Å². The standard InChI is InChI=1S/C18H27N3O2/c1-2-5-18(22)21-11-10-20(16-6-3-4-7-17(16)21)9-8-19-12-14-23-15-13-19/h3-4,6-7H,2,5,8-15H2,1H3. The van der Waals surface area contributed by atoms with E-state index in [9.17, 15) is 4.79 Å². The van der Waals surface area contributed by atoms with Crippen molar-refractivity contribution in [1.29, 1.82) is 0 Å². The minimum absolute atomic E-state index is 0.243. The number of hydrogen-bond donors (Lipinski definition) is 0. The van der Waals surface area contributed by atoms with Crippen LogP contribution in [-0.2, 0) is 9.53 Å². The number of fused-ring (bicyclic) bond motifs is 1. The van der Waals surface area contributed by atoms with Gasteiger partial charge in [-0.1, -0.05) is 19.1 Å². The van der Waals surface area contributed by atoms with Gasteiger partial charge in [-0.2, -0.15) is 0 Å². The van der Waals surface area contributed by atoms with E-state index < -0.39 is 0 Å². The fourth-order valence-electron chi connectivity index (χ4n) is 3.35. The number of para-hydroxylation sites is 2. The van der Waals surface area contributed by atoms with Gasteiger partial charge >= 0.3 is 0 Å². The second-order valence-electron chi connectivity index (χ2n) is 6.23. The highest BCUT2D eigenvalue weighted by molar-refractivity contribution is 5.97. The predicted octanol–water partition coefficient (Wildman–Crippen LogP) is 1.97. The average Bonchev–Trinajstić information content (AvgIpc) is 2.60. The monoisotopic (exact) mass is 317 g/mol. The van der Waals surface area contributed by atoms with Gasteiger partial charge in [0.25, 0.3) is 0 Å². The first-order valence-corrected chi connectivity index (χ1v) is 8.74. The Labute approximate surface area is 138 Å². The Hall–Kier alpha value is -1.59. The highest BCUT2D eigenvalue weighted by Gasteiger charge is 2.26. The molecule has 5 heteroatoms. The van der Waals surface area contributed by atoms with Gasteiger partial charge in [-0.3, -0.25) is 9.69 Å². The van der Waals surface area contributed by atoms with Crippen LogP contribution in [0.4, 0.5) is 11.4 Å². The number of ether oxygens (including phenoxy) is 1. The van der Waals surface area contributed by atoms with E-state index in [-0.39, 0.29) is 5.91 Å². The maximum atomic E-state index is 12.4. The molecule has 126 valence electrons. The summed E-state index contributed by atoms with van der Waals surface area (Å²) in [5.41, 5.74) is 2.26. The molecular weight excluding hydrogens is 290 g/mol. The lowest BCUT2D eigenvalue weighted by Gasteiger charge is -2.39. The first-order valence-electron chi connectivity index (χ1n) is 8.74. The van der Waals surface area contributed by atoms with Crippen molar-refractivity contribution in [3.8, 4) is 0 Å². The lowest BCUT2D eigenvalue weighted by atomic mass is 10.1. The minimum atomic E-state index is 0.243. The number of rotatable bonds is 5. The number of carbonyl (C=O) groups is 1. The molecule has 0 bridgehead atoms. The van der Waals surface area contributed by atoms with Crippen LogP contribution in [0.2, 0.25) is 0 Å². The van der Waals surface area contributed by atoms with Crippen molar-refractivity contribution in [3.63, 3.8) is 0 Å². The second kappa shape index (κ2) is 7.79. The molecule has 0 saturated carbocycles. The van der Waals surface area contributed by atoms with Crippen LogP contribution in [0.3, 0.4) is 0 Å². The summed E-state index contributed by atoms with van der Waals surface area (Å²) in [4.78, 5) is 19.2. The molecule has 0 N–H and O–H groups in total. The molecule has 2 heterocycles. The molecule has 1 amide bonds. The number of morpholine rings is 1. The third kappa shape index (κ3) is 3.85. The average molecular weight is 317 g/mol. The molecule has 2 aliphatic rings. The fraction of sp³-hybridized carbons (Fsp3) is 0.611. The van der Waals surface area contributed by atoms with Crippen molar-refractivity contribution >= 4 is 17.3 Å². The normalized spacial score (nSPS) is 18.8. The number of carbonyl (C=O) groups excluding carboxylic acids is 1. The van der Waals surface area contributed by atoms with Gasteiger partial charge in [0.15, 0.2) is 0 Å². The minimum Gasteiger partial charge on any atom is -0.379 e. The van der Waals surface area contributed by atoms with Crippen LogP contribution in [0.1, 0.15) is 19.8 Å². The molecule has 1 fully saturated rings. The van der Waals surface area contributed by atoms with Gasteiger partial charge in [-0.25, -0.2) is 0 Å². The summed E-state index contributed by atoms with van der Waals surface area (Å²) in [5, 5.41) is 0. The molecule has 0 atom stereocenters. The highest BCUT2D eigenvalue weighted by atomic mass is 16.5. The van der Waals surface area contributed by atoms with Crippen LogP contribution < -0.4 is 9.80 Å². The van der Waals surface area contributed by atoms with Crippen molar-refractivity contribution in [2.45, 2.75) is 19.8 Å². The van der Waals surface area contributed by atoms with E-state index in [2.05, 4.69) is 34.9 Å². The Morgan fingerprint density at radius 3 is 2.52 bits per heavy atom. The molecule has 0 unspecified atom stereocenters. The van der Waals surface area contributed by atoms with Crippen molar-refractivity contribution < 1.29 is 9.53 Å². The molecule has 0 aliphatic carbocycles. The highest BCUT2D eigenvalue weighted by Crippen LogP contribution is 2.33. The van der Waals surface area contributed by atoms with Crippen molar-refractivity contribution in [2.75, 3.05) is 62.3 Å². The van der Waals surface area contributed by atoms with E-state index in [1.54, 1.807) is 0 Å². The Balaban J connectivity index is 1.68. The number of anilines is 2. The van der Waals surface area contributed by atoms with Crippen LogP contribution in [0.5, 0.6) is 0 Å². The van der Waals surface area contributed by atoms with Gasteiger partial charge in [0.05, 0.1) is 24.6 Å². The Bertz CT molecular complexity index is 529. The molecule has 0 spiro atoms. The van der Waals surface area contributed by atoms with Gasteiger partial charge in [0.1, 0.15) is 0 Å². The molecule has 2 aliphatic heterocycles. The second-order valence-corrected chi connectivity index (χ2v) is 6.23. The zero-order valence-electron chi connectivity index (χ0n) is 14.0. The predicted molar refractivity (Wildman–Crippen MR) is 93.2 cm³/mol. The summed E-state index contributed by atoms with van der Waals surface area (Å²) in [7, 11) is 0. The van der Waals surface area contributed by atoms with E-state index in [1.807, 2.05) is 11.0 Å². The first kappa shape index (κ1) is 16.3. The Morgan fingerprint density at radius 1 is 1.04 bits per heavy atom. The lowest BCUT2D eigenvalue weighted by Crippen LogP contribution is -2.47. The van der Waals surface area contributed by atoms with E-state index in [1.165, 1.54) is 5.69 Å². The molecule has 23 heavy (non-hydrogen) atoms. The fourth-order valence-corrected chi connectivity index (χ4v) is 3.35. The third-order valence-electron chi connectivity index (χ3n) is 4.66. The van der Waals surface area contributed by atoms with Crippen molar-refractivity contribution in [2.24, 2.45) is 0 Å². The zero-order valence-corrected chi connectivity index (χ0v) is 14.0. The maximum absolute atomic E-state index is 12.4. The molecule has 1 aromatic carbocycles. The van der Waals surface area contributed by atoms with Crippen LogP contribution >= 0.6 is 0 Å². The summed E-state index contributed by atoms with van der Waals surface area (Å²) in [6.45, 7) is 9.56. The quantitative estimate of drug-likeness (QED) is 0.832. The van der Waals surface area contributed by atoms with E-state index in [4.69, 9.17) is 4.74 Å². The lowest BCUT2D eigenvalue weighted by molar-refractivity contribution is -0.118. The molecule has 1 saturated heterocycles. The number of benzene rings is 1.